The van der Waals surface area contributed by atoms with E-state index >= 15 is 0 Å². The SMILES string of the molecule is CSCCNS(=O)(=O)c1cnn(CCNC2CC2)c1. The molecule has 0 aliphatic heterocycles. The number of hydrogen-bond acceptors (Lipinski definition) is 5. The molecule has 19 heavy (non-hydrogen) atoms. The number of rotatable bonds is 9. The minimum Gasteiger partial charge on any atom is -0.312 e. The quantitative estimate of drug-likeness (QED) is 0.641. The number of sulfonamides is 1. The van der Waals surface area contributed by atoms with Crippen molar-refractivity contribution < 1.29 is 8.42 Å². The van der Waals surface area contributed by atoms with E-state index in [0.717, 1.165) is 12.3 Å². The van der Waals surface area contributed by atoms with Crippen LogP contribution in [0.2, 0.25) is 0 Å². The topological polar surface area (TPSA) is 76.0 Å². The van der Waals surface area contributed by atoms with Crippen molar-refractivity contribution in [3.63, 3.8) is 0 Å². The monoisotopic (exact) mass is 304 g/mol. The fraction of sp³-hybridized carbons (Fsp3) is 0.727. The molecule has 0 saturated heterocycles. The Bertz CT molecular complexity index is 497. The lowest BCUT2D eigenvalue weighted by molar-refractivity contribution is 0.551. The van der Waals surface area contributed by atoms with Crippen molar-refractivity contribution in [2.24, 2.45) is 0 Å². The lowest BCUT2D eigenvalue weighted by Gasteiger charge is -2.03. The van der Waals surface area contributed by atoms with E-state index in [0.29, 0.717) is 19.1 Å². The zero-order valence-electron chi connectivity index (χ0n) is 11.0. The highest BCUT2D eigenvalue weighted by Gasteiger charge is 2.20. The summed E-state index contributed by atoms with van der Waals surface area (Å²) in [5.41, 5.74) is 0. The molecule has 2 N–H and O–H groups in total. The van der Waals surface area contributed by atoms with Crippen LogP contribution in [0, 0.1) is 0 Å². The highest BCUT2D eigenvalue weighted by molar-refractivity contribution is 7.98. The van der Waals surface area contributed by atoms with E-state index in [-0.39, 0.29) is 4.90 Å². The van der Waals surface area contributed by atoms with Crippen molar-refractivity contribution in [1.82, 2.24) is 19.8 Å². The maximum atomic E-state index is 11.9. The van der Waals surface area contributed by atoms with Crippen molar-refractivity contribution in [3.05, 3.63) is 12.4 Å². The van der Waals surface area contributed by atoms with Crippen molar-refractivity contribution in [3.8, 4) is 0 Å². The summed E-state index contributed by atoms with van der Waals surface area (Å²) in [6.07, 6.45) is 7.42. The van der Waals surface area contributed by atoms with Gasteiger partial charge in [0.15, 0.2) is 0 Å². The summed E-state index contributed by atoms with van der Waals surface area (Å²) in [5.74, 6) is 0.763. The molecule has 1 heterocycles. The highest BCUT2D eigenvalue weighted by Crippen LogP contribution is 2.18. The molecule has 1 fully saturated rings. The van der Waals surface area contributed by atoms with Crippen molar-refractivity contribution >= 4 is 21.8 Å². The van der Waals surface area contributed by atoms with E-state index in [9.17, 15) is 8.42 Å². The van der Waals surface area contributed by atoms with Crippen molar-refractivity contribution in [2.45, 2.75) is 30.3 Å². The molecule has 0 unspecified atom stereocenters. The molecule has 0 spiro atoms. The van der Waals surface area contributed by atoms with Gasteiger partial charge in [0.25, 0.3) is 0 Å². The van der Waals surface area contributed by atoms with Crippen LogP contribution in [0.1, 0.15) is 12.8 Å². The third kappa shape index (κ3) is 4.79. The first-order valence-corrected chi connectivity index (χ1v) is 9.24. The molecule has 1 aromatic rings. The zero-order valence-corrected chi connectivity index (χ0v) is 12.6. The summed E-state index contributed by atoms with van der Waals surface area (Å²) >= 11 is 1.61. The molecule has 0 radical (unpaired) electrons. The van der Waals surface area contributed by atoms with Crippen LogP contribution in [0.25, 0.3) is 0 Å². The van der Waals surface area contributed by atoms with Gasteiger partial charge in [-0.3, -0.25) is 4.68 Å². The predicted octanol–water partition coefficient (Wildman–Crippen LogP) is 0.276. The summed E-state index contributed by atoms with van der Waals surface area (Å²) < 4.78 is 28.1. The number of thioether (sulfide) groups is 1. The van der Waals surface area contributed by atoms with E-state index in [1.54, 1.807) is 22.6 Å². The summed E-state index contributed by atoms with van der Waals surface area (Å²) in [6.45, 7) is 1.96. The maximum Gasteiger partial charge on any atom is 0.243 e. The third-order valence-corrected chi connectivity index (χ3v) is 4.90. The van der Waals surface area contributed by atoms with Crippen LogP contribution in [-0.4, -0.2) is 49.3 Å². The molecule has 1 aliphatic carbocycles. The Morgan fingerprint density at radius 2 is 2.26 bits per heavy atom. The van der Waals surface area contributed by atoms with Crippen LogP contribution in [0.15, 0.2) is 17.3 Å². The first kappa shape index (κ1) is 14.8. The van der Waals surface area contributed by atoms with Crippen LogP contribution in [0.4, 0.5) is 0 Å². The van der Waals surface area contributed by atoms with Crippen molar-refractivity contribution in [1.29, 1.82) is 0 Å². The molecule has 0 amide bonds. The van der Waals surface area contributed by atoms with Crippen molar-refractivity contribution in [2.75, 3.05) is 25.1 Å². The molecule has 1 aliphatic rings. The number of hydrogen-bond donors (Lipinski definition) is 2. The molecule has 0 atom stereocenters. The Balaban J connectivity index is 1.83. The van der Waals surface area contributed by atoms with E-state index in [1.165, 1.54) is 19.0 Å². The third-order valence-electron chi connectivity index (χ3n) is 2.87. The second-order valence-corrected chi connectivity index (χ2v) is 7.31. The zero-order chi connectivity index (χ0) is 13.7. The highest BCUT2D eigenvalue weighted by atomic mass is 32.2. The van der Waals surface area contributed by atoms with Gasteiger partial charge in [0.1, 0.15) is 4.90 Å². The fourth-order valence-electron chi connectivity index (χ4n) is 1.64. The number of nitrogens with zero attached hydrogens (tertiary/aromatic N) is 2. The number of aromatic nitrogens is 2. The molecule has 1 aromatic heterocycles. The summed E-state index contributed by atoms with van der Waals surface area (Å²) in [7, 11) is -3.41. The van der Waals surface area contributed by atoms with E-state index in [1.807, 2.05) is 6.26 Å². The Kier molecular flexibility index (Phi) is 5.26. The molecule has 1 saturated carbocycles. The minimum absolute atomic E-state index is 0.236. The Morgan fingerprint density at radius 3 is 2.95 bits per heavy atom. The van der Waals surface area contributed by atoms with Crippen LogP contribution in [-0.2, 0) is 16.6 Å². The largest absolute Gasteiger partial charge is 0.312 e. The van der Waals surface area contributed by atoms with Gasteiger partial charge < -0.3 is 5.32 Å². The second kappa shape index (κ2) is 6.74. The minimum atomic E-state index is -3.41. The summed E-state index contributed by atoms with van der Waals surface area (Å²) in [5, 5.41) is 7.45. The molecular weight excluding hydrogens is 284 g/mol. The van der Waals surface area contributed by atoms with Gasteiger partial charge in [-0.15, -0.1) is 0 Å². The number of nitrogens with one attached hydrogen (secondary N) is 2. The first-order chi connectivity index (χ1) is 9.12. The maximum absolute atomic E-state index is 11.9. The Morgan fingerprint density at radius 1 is 1.47 bits per heavy atom. The average Bonchev–Trinajstić information content (AvgIpc) is 3.05. The standard InChI is InChI=1S/C11H20N4O2S2/c1-18-7-5-14-19(16,17)11-8-13-15(9-11)6-4-12-10-2-3-10/h8-10,12,14H,2-7H2,1H3. The summed E-state index contributed by atoms with van der Waals surface area (Å²) in [4.78, 5) is 0.236. The molecule has 2 rings (SSSR count). The lowest BCUT2D eigenvalue weighted by Crippen LogP contribution is -2.25. The van der Waals surface area contributed by atoms with E-state index in [4.69, 9.17) is 0 Å². The van der Waals surface area contributed by atoms with Gasteiger partial charge in [-0.25, -0.2) is 13.1 Å². The van der Waals surface area contributed by atoms with Crippen LogP contribution >= 0.6 is 11.8 Å². The van der Waals surface area contributed by atoms with E-state index < -0.39 is 10.0 Å². The van der Waals surface area contributed by atoms with Crippen LogP contribution in [0.5, 0.6) is 0 Å². The van der Waals surface area contributed by atoms with Gasteiger partial charge in [-0.1, -0.05) is 0 Å². The van der Waals surface area contributed by atoms with E-state index in [2.05, 4.69) is 15.1 Å². The molecule has 8 heteroatoms. The molecular formula is C11H20N4O2S2. The van der Waals surface area contributed by atoms with Gasteiger partial charge in [0.05, 0.1) is 12.7 Å². The second-order valence-electron chi connectivity index (χ2n) is 4.56. The van der Waals surface area contributed by atoms with Gasteiger partial charge >= 0.3 is 0 Å². The molecule has 0 aromatic carbocycles. The molecule has 6 nitrogen and oxygen atoms in total. The van der Waals surface area contributed by atoms with Crippen LogP contribution in [0.3, 0.4) is 0 Å². The Hall–Kier alpha value is -0.570. The lowest BCUT2D eigenvalue weighted by atomic mass is 10.6. The smallest absolute Gasteiger partial charge is 0.243 e. The molecule has 108 valence electrons. The fourth-order valence-corrected chi connectivity index (χ4v) is 3.06. The van der Waals surface area contributed by atoms with Gasteiger partial charge in [-0.2, -0.15) is 16.9 Å². The molecule has 0 bridgehead atoms. The Labute approximate surface area is 118 Å². The van der Waals surface area contributed by atoms with Gasteiger partial charge in [-0.05, 0) is 19.1 Å². The van der Waals surface area contributed by atoms with Gasteiger partial charge in [0, 0.05) is 31.1 Å². The van der Waals surface area contributed by atoms with Crippen LogP contribution < -0.4 is 10.0 Å². The average molecular weight is 304 g/mol. The first-order valence-electron chi connectivity index (χ1n) is 6.36. The van der Waals surface area contributed by atoms with Gasteiger partial charge in [0.2, 0.25) is 10.0 Å². The summed E-state index contributed by atoms with van der Waals surface area (Å²) in [6, 6.07) is 0.659. The predicted molar refractivity (Wildman–Crippen MR) is 76.8 cm³/mol. The normalized spacial score (nSPS) is 15.8.